The monoisotopic (exact) mass is 309 g/mol. The van der Waals surface area contributed by atoms with E-state index in [9.17, 15) is 4.39 Å². The van der Waals surface area contributed by atoms with Crippen molar-refractivity contribution in [2.45, 2.75) is 6.04 Å². The Kier molecular flexibility index (Phi) is 3.99. The SMILES string of the molecule is COc1ccc(C(N)c2cccc(Br)c2)cc1F. The molecule has 0 saturated carbocycles. The maximum absolute atomic E-state index is 13.6. The number of nitrogens with two attached hydrogens (primary N) is 1. The molecule has 2 N–H and O–H groups in total. The molecule has 0 aromatic heterocycles. The molecule has 18 heavy (non-hydrogen) atoms. The van der Waals surface area contributed by atoms with E-state index in [-0.39, 0.29) is 11.8 Å². The Hall–Kier alpha value is -1.39. The summed E-state index contributed by atoms with van der Waals surface area (Å²) in [5.74, 6) is -0.180. The van der Waals surface area contributed by atoms with Crippen molar-refractivity contribution in [2.24, 2.45) is 5.73 Å². The van der Waals surface area contributed by atoms with Crippen molar-refractivity contribution in [1.29, 1.82) is 0 Å². The molecule has 2 aromatic rings. The van der Waals surface area contributed by atoms with E-state index in [1.165, 1.54) is 13.2 Å². The molecule has 0 amide bonds. The third-order valence-electron chi connectivity index (χ3n) is 2.74. The van der Waals surface area contributed by atoms with E-state index in [0.29, 0.717) is 5.56 Å². The average molecular weight is 310 g/mol. The Morgan fingerprint density at radius 3 is 2.50 bits per heavy atom. The Morgan fingerprint density at radius 1 is 1.17 bits per heavy atom. The first-order valence-corrected chi connectivity index (χ1v) is 6.25. The first-order valence-electron chi connectivity index (χ1n) is 5.46. The summed E-state index contributed by atoms with van der Waals surface area (Å²) < 4.78 is 19.4. The van der Waals surface area contributed by atoms with Crippen LogP contribution in [0.25, 0.3) is 0 Å². The summed E-state index contributed by atoms with van der Waals surface area (Å²) in [5, 5.41) is 0. The molecule has 2 rings (SSSR count). The summed E-state index contributed by atoms with van der Waals surface area (Å²) in [5.41, 5.74) is 7.76. The Labute approximate surface area is 114 Å². The van der Waals surface area contributed by atoms with Crippen LogP contribution >= 0.6 is 15.9 Å². The third kappa shape index (κ3) is 2.71. The van der Waals surface area contributed by atoms with E-state index < -0.39 is 5.82 Å². The molecular weight excluding hydrogens is 297 g/mol. The molecule has 1 unspecified atom stereocenters. The quantitative estimate of drug-likeness (QED) is 0.939. The molecule has 0 aliphatic heterocycles. The lowest BCUT2D eigenvalue weighted by atomic mass is 9.99. The van der Waals surface area contributed by atoms with E-state index >= 15 is 0 Å². The fraction of sp³-hybridized carbons (Fsp3) is 0.143. The van der Waals surface area contributed by atoms with Gasteiger partial charge in [0.25, 0.3) is 0 Å². The molecule has 0 aliphatic carbocycles. The number of halogens is 2. The van der Waals surface area contributed by atoms with Gasteiger partial charge >= 0.3 is 0 Å². The van der Waals surface area contributed by atoms with Crippen molar-refractivity contribution >= 4 is 15.9 Å². The second-order valence-corrected chi connectivity index (χ2v) is 4.84. The second-order valence-electron chi connectivity index (χ2n) is 3.93. The normalized spacial score (nSPS) is 12.2. The van der Waals surface area contributed by atoms with Crippen molar-refractivity contribution in [1.82, 2.24) is 0 Å². The average Bonchev–Trinajstić information content (AvgIpc) is 2.37. The highest BCUT2D eigenvalue weighted by Crippen LogP contribution is 2.26. The summed E-state index contributed by atoms with van der Waals surface area (Å²) in [4.78, 5) is 0. The number of rotatable bonds is 3. The maximum Gasteiger partial charge on any atom is 0.165 e. The van der Waals surface area contributed by atoms with Gasteiger partial charge in [0, 0.05) is 4.47 Å². The van der Waals surface area contributed by atoms with Crippen LogP contribution in [0, 0.1) is 5.82 Å². The van der Waals surface area contributed by atoms with Crippen LogP contribution in [0.1, 0.15) is 17.2 Å². The summed E-state index contributed by atoms with van der Waals surface area (Å²) in [6.45, 7) is 0. The number of methoxy groups -OCH3 is 1. The van der Waals surface area contributed by atoms with Gasteiger partial charge in [-0.25, -0.2) is 4.39 Å². The summed E-state index contributed by atoms with van der Waals surface area (Å²) in [6, 6.07) is 12.1. The van der Waals surface area contributed by atoms with Gasteiger partial charge in [-0.15, -0.1) is 0 Å². The lowest BCUT2D eigenvalue weighted by molar-refractivity contribution is 0.386. The Balaban J connectivity index is 2.34. The molecule has 0 saturated heterocycles. The number of hydrogen-bond donors (Lipinski definition) is 1. The summed E-state index contributed by atoms with van der Waals surface area (Å²) in [7, 11) is 1.44. The zero-order valence-electron chi connectivity index (χ0n) is 9.86. The Bertz CT molecular complexity index is 559. The van der Waals surface area contributed by atoms with E-state index in [2.05, 4.69) is 15.9 Å². The number of hydrogen-bond acceptors (Lipinski definition) is 2. The van der Waals surface area contributed by atoms with Gasteiger partial charge in [-0.3, -0.25) is 0 Å². The van der Waals surface area contributed by atoms with Crippen molar-refractivity contribution in [3.05, 3.63) is 63.9 Å². The number of benzene rings is 2. The smallest absolute Gasteiger partial charge is 0.165 e. The van der Waals surface area contributed by atoms with E-state index in [4.69, 9.17) is 10.5 Å². The predicted molar refractivity (Wildman–Crippen MR) is 73.1 cm³/mol. The molecule has 0 heterocycles. The van der Waals surface area contributed by atoms with Crippen molar-refractivity contribution in [2.75, 3.05) is 7.11 Å². The fourth-order valence-corrected chi connectivity index (χ4v) is 2.19. The first-order chi connectivity index (χ1) is 8.61. The topological polar surface area (TPSA) is 35.2 Å². The molecule has 2 aromatic carbocycles. The van der Waals surface area contributed by atoms with Gasteiger partial charge in [0.1, 0.15) is 0 Å². The molecule has 0 fully saturated rings. The fourth-order valence-electron chi connectivity index (χ4n) is 1.77. The standard InChI is InChI=1S/C14H13BrFNO/c1-18-13-6-5-10(8-12(13)16)14(17)9-3-2-4-11(15)7-9/h2-8,14H,17H2,1H3. The molecule has 2 nitrogen and oxygen atoms in total. The van der Waals surface area contributed by atoms with Gasteiger partial charge < -0.3 is 10.5 Å². The van der Waals surface area contributed by atoms with Crippen molar-refractivity contribution in [3.63, 3.8) is 0 Å². The van der Waals surface area contributed by atoms with Crippen LogP contribution in [-0.4, -0.2) is 7.11 Å². The lowest BCUT2D eigenvalue weighted by Crippen LogP contribution is -2.12. The minimum atomic E-state index is -0.402. The van der Waals surface area contributed by atoms with Crippen LogP contribution in [0.4, 0.5) is 4.39 Å². The van der Waals surface area contributed by atoms with Gasteiger partial charge in [-0.05, 0) is 35.4 Å². The van der Waals surface area contributed by atoms with Crippen LogP contribution in [0.15, 0.2) is 46.9 Å². The molecular formula is C14H13BrFNO. The highest BCUT2D eigenvalue weighted by molar-refractivity contribution is 9.10. The molecule has 0 spiro atoms. The third-order valence-corrected chi connectivity index (χ3v) is 3.24. The minimum Gasteiger partial charge on any atom is -0.494 e. The minimum absolute atomic E-state index is 0.222. The van der Waals surface area contributed by atoms with Gasteiger partial charge in [0.2, 0.25) is 0 Å². The molecule has 1 atom stereocenters. The van der Waals surface area contributed by atoms with Gasteiger partial charge in [-0.1, -0.05) is 34.1 Å². The van der Waals surface area contributed by atoms with E-state index in [1.807, 2.05) is 24.3 Å². The van der Waals surface area contributed by atoms with Gasteiger partial charge in [0.05, 0.1) is 13.2 Å². The molecule has 94 valence electrons. The van der Waals surface area contributed by atoms with E-state index in [1.54, 1.807) is 12.1 Å². The largest absolute Gasteiger partial charge is 0.494 e. The van der Waals surface area contributed by atoms with Gasteiger partial charge in [-0.2, -0.15) is 0 Å². The zero-order chi connectivity index (χ0) is 13.1. The molecule has 0 radical (unpaired) electrons. The zero-order valence-corrected chi connectivity index (χ0v) is 11.4. The van der Waals surface area contributed by atoms with Crippen molar-refractivity contribution < 1.29 is 9.13 Å². The molecule has 4 heteroatoms. The summed E-state index contributed by atoms with van der Waals surface area (Å²) >= 11 is 3.39. The lowest BCUT2D eigenvalue weighted by Gasteiger charge is -2.14. The predicted octanol–water partition coefficient (Wildman–Crippen LogP) is 3.64. The molecule has 0 bridgehead atoms. The highest BCUT2D eigenvalue weighted by Gasteiger charge is 2.12. The van der Waals surface area contributed by atoms with Crippen LogP contribution in [-0.2, 0) is 0 Å². The van der Waals surface area contributed by atoms with E-state index in [0.717, 1.165) is 10.0 Å². The molecule has 0 aliphatic rings. The highest BCUT2D eigenvalue weighted by atomic mass is 79.9. The first kappa shape index (κ1) is 13.1. The maximum atomic E-state index is 13.6. The van der Waals surface area contributed by atoms with Crippen LogP contribution in [0.3, 0.4) is 0 Å². The Morgan fingerprint density at radius 2 is 1.89 bits per heavy atom. The van der Waals surface area contributed by atoms with Crippen LogP contribution in [0.5, 0.6) is 5.75 Å². The van der Waals surface area contributed by atoms with Crippen molar-refractivity contribution in [3.8, 4) is 5.75 Å². The number of ether oxygens (including phenoxy) is 1. The summed E-state index contributed by atoms with van der Waals surface area (Å²) in [6.07, 6.45) is 0. The second kappa shape index (κ2) is 5.50. The van der Waals surface area contributed by atoms with Gasteiger partial charge in [0.15, 0.2) is 11.6 Å². The van der Waals surface area contributed by atoms with Crippen LogP contribution < -0.4 is 10.5 Å². The van der Waals surface area contributed by atoms with Crippen LogP contribution in [0.2, 0.25) is 0 Å².